The predicted octanol–water partition coefficient (Wildman–Crippen LogP) is 1.44. The van der Waals surface area contributed by atoms with Gasteiger partial charge in [0, 0.05) is 12.7 Å². The van der Waals surface area contributed by atoms with E-state index in [0.29, 0.717) is 13.1 Å². The molecule has 7 nitrogen and oxygen atoms in total. The summed E-state index contributed by atoms with van der Waals surface area (Å²) in [4.78, 5) is 9.99. The molecule has 18 heavy (non-hydrogen) atoms. The van der Waals surface area contributed by atoms with Crippen LogP contribution in [0.5, 0.6) is 0 Å². The monoisotopic (exact) mass is 251 g/mol. The summed E-state index contributed by atoms with van der Waals surface area (Å²) in [5.74, 6) is -0.856. The first-order chi connectivity index (χ1) is 8.68. The second-order valence-corrected chi connectivity index (χ2v) is 3.49. The zero-order valence-electron chi connectivity index (χ0n) is 9.28. The van der Waals surface area contributed by atoms with E-state index in [1.54, 1.807) is 10.9 Å². The van der Waals surface area contributed by atoms with Crippen LogP contribution in [0.2, 0.25) is 0 Å². The average molecular weight is 251 g/mol. The summed E-state index contributed by atoms with van der Waals surface area (Å²) >= 11 is 0. The third kappa shape index (κ3) is 2.59. The minimum absolute atomic E-state index is 0.153. The van der Waals surface area contributed by atoms with Gasteiger partial charge in [-0.3, -0.25) is 14.8 Å². The van der Waals surface area contributed by atoms with Crippen molar-refractivity contribution in [3.05, 3.63) is 46.5 Å². The number of para-hydroxylation sites is 1. The van der Waals surface area contributed by atoms with Crippen molar-refractivity contribution in [2.24, 2.45) is 0 Å². The standard InChI is InChI=1S/C10H10FN5O2/c11-8-2-1-3-9(10(8)16(17)18)12-4-6-15-7-5-13-14-15/h1-3,5,7,12H,4,6H2. The van der Waals surface area contributed by atoms with E-state index in [2.05, 4.69) is 15.6 Å². The molecule has 0 spiro atoms. The van der Waals surface area contributed by atoms with Gasteiger partial charge < -0.3 is 5.32 Å². The average Bonchev–Trinajstić information content (AvgIpc) is 2.81. The zero-order valence-corrected chi connectivity index (χ0v) is 9.28. The lowest BCUT2D eigenvalue weighted by atomic mass is 10.2. The van der Waals surface area contributed by atoms with E-state index in [1.165, 1.54) is 18.3 Å². The number of nitrogens with zero attached hydrogens (tertiary/aromatic N) is 4. The van der Waals surface area contributed by atoms with Gasteiger partial charge in [0.05, 0.1) is 17.7 Å². The minimum atomic E-state index is -0.856. The Morgan fingerprint density at radius 2 is 2.33 bits per heavy atom. The normalized spacial score (nSPS) is 10.3. The number of hydrogen-bond acceptors (Lipinski definition) is 5. The van der Waals surface area contributed by atoms with Crippen LogP contribution in [0.3, 0.4) is 0 Å². The molecule has 0 radical (unpaired) electrons. The fourth-order valence-electron chi connectivity index (χ4n) is 1.50. The van der Waals surface area contributed by atoms with Gasteiger partial charge in [-0.2, -0.15) is 4.39 Å². The summed E-state index contributed by atoms with van der Waals surface area (Å²) < 4.78 is 14.9. The van der Waals surface area contributed by atoms with Gasteiger partial charge in [-0.05, 0) is 12.1 Å². The molecular weight excluding hydrogens is 241 g/mol. The molecule has 0 amide bonds. The van der Waals surface area contributed by atoms with Crippen LogP contribution < -0.4 is 5.32 Å². The van der Waals surface area contributed by atoms with Crippen LogP contribution in [-0.4, -0.2) is 26.5 Å². The number of hydrogen-bond donors (Lipinski definition) is 1. The molecule has 0 unspecified atom stereocenters. The maximum absolute atomic E-state index is 13.3. The van der Waals surface area contributed by atoms with Crippen molar-refractivity contribution in [1.82, 2.24) is 15.0 Å². The first-order valence-corrected chi connectivity index (χ1v) is 5.19. The van der Waals surface area contributed by atoms with Gasteiger partial charge in [-0.1, -0.05) is 11.3 Å². The van der Waals surface area contributed by atoms with Crippen LogP contribution in [0.1, 0.15) is 0 Å². The molecule has 0 fully saturated rings. The summed E-state index contributed by atoms with van der Waals surface area (Å²) in [6.45, 7) is 0.862. The Morgan fingerprint density at radius 3 is 3.00 bits per heavy atom. The molecule has 1 aromatic heterocycles. The Hall–Kier alpha value is -2.51. The van der Waals surface area contributed by atoms with Crippen molar-refractivity contribution < 1.29 is 9.31 Å². The van der Waals surface area contributed by atoms with Gasteiger partial charge >= 0.3 is 5.69 Å². The Balaban J connectivity index is 2.05. The fraction of sp³-hybridized carbons (Fsp3) is 0.200. The Bertz CT molecular complexity index is 543. The number of anilines is 1. The number of nitro groups is 1. The molecule has 0 aliphatic carbocycles. The van der Waals surface area contributed by atoms with Crippen molar-refractivity contribution in [3.63, 3.8) is 0 Å². The van der Waals surface area contributed by atoms with E-state index >= 15 is 0 Å². The number of aromatic nitrogens is 3. The largest absolute Gasteiger partial charge is 0.378 e. The van der Waals surface area contributed by atoms with Gasteiger partial charge in [0.25, 0.3) is 0 Å². The maximum atomic E-state index is 13.3. The third-order valence-electron chi connectivity index (χ3n) is 2.30. The van der Waals surface area contributed by atoms with Gasteiger partial charge in [0.2, 0.25) is 5.82 Å². The molecule has 94 valence electrons. The van der Waals surface area contributed by atoms with E-state index in [4.69, 9.17) is 0 Å². The van der Waals surface area contributed by atoms with E-state index < -0.39 is 16.4 Å². The first-order valence-electron chi connectivity index (χ1n) is 5.19. The zero-order chi connectivity index (χ0) is 13.0. The summed E-state index contributed by atoms with van der Waals surface area (Å²) in [6.07, 6.45) is 3.20. The Kier molecular flexibility index (Phi) is 3.46. The summed E-state index contributed by atoms with van der Waals surface area (Å²) in [6, 6.07) is 3.93. The van der Waals surface area contributed by atoms with Crippen molar-refractivity contribution in [2.75, 3.05) is 11.9 Å². The van der Waals surface area contributed by atoms with Crippen molar-refractivity contribution in [2.45, 2.75) is 6.54 Å². The van der Waals surface area contributed by atoms with Crippen molar-refractivity contribution in [3.8, 4) is 0 Å². The van der Waals surface area contributed by atoms with Crippen LogP contribution in [0, 0.1) is 15.9 Å². The lowest BCUT2D eigenvalue weighted by molar-refractivity contribution is -0.386. The lowest BCUT2D eigenvalue weighted by Crippen LogP contribution is -2.12. The summed E-state index contributed by atoms with van der Waals surface area (Å²) in [5, 5.41) is 20.9. The summed E-state index contributed by atoms with van der Waals surface area (Å²) in [7, 11) is 0. The van der Waals surface area contributed by atoms with Crippen LogP contribution in [-0.2, 0) is 6.54 Å². The molecule has 1 heterocycles. The number of rotatable bonds is 5. The highest BCUT2D eigenvalue weighted by atomic mass is 19.1. The highest BCUT2D eigenvalue weighted by molar-refractivity contribution is 5.61. The Morgan fingerprint density at radius 1 is 1.50 bits per heavy atom. The fourth-order valence-corrected chi connectivity index (χ4v) is 1.50. The van der Waals surface area contributed by atoms with E-state index in [0.717, 1.165) is 6.07 Å². The van der Waals surface area contributed by atoms with Gasteiger partial charge in [-0.15, -0.1) is 5.10 Å². The Labute approximate surface area is 101 Å². The molecule has 0 atom stereocenters. The third-order valence-corrected chi connectivity index (χ3v) is 2.30. The first kappa shape index (κ1) is 12.0. The van der Waals surface area contributed by atoms with Crippen LogP contribution >= 0.6 is 0 Å². The van der Waals surface area contributed by atoms with Gasteiger partial charge in [0.1, 0.15) is 5.69 Å². The smallest absolute Gasteiger partial charge is 0.327 e. The number of nitrogens with one attached hydrogen (secondary N) is 1. The van der Waals surface area contributed by atoms with Gasteiger partial charge in [0.15, 0.2) is 0 Å². The molecule has 0 saturated heterocycles. The quantitative estimate of drug-likeness (QED) is 0.641. The van der Waals surface area contributed by atoms with E-state index in [1.807, 2.05) is 0 Å². The lowest BCUT2D eigenvalue weighted by Gasteiger charge is -2.07. The second kappa shape index (κ2) is 5.21. The maximum Gasteiger partial charge on any atom is 0.327 e. The molecule has 2 aromatic rings. The van der Waals surface area contributed by atoms with Crippen LogP contribution in [0.4, 0.5) is 15.8 Å². The predicted molar refractivity (Wildman–Crippen MR) is 61.6 cm³/mol. The van der Waals surface area contributed by atoms with Crippen LogP contribution in [0.15, 0.2) is 30.6 Å². The molecule has 1 aromatic carbocycles. The van der Waals surface area contributed by atoms with Crippen molar-refractivity contribution >= 4 is 11.4 Å². The molecular formula is C10H10FN5O2. The molecule has 1 N–H and O–H groups in total. The molecule has 8 heteroatoms. The number of nitro benzene ring substituents is 1. The van der Waals surface area contributed by atoms with Crippen molar-refractivity contribution in [1.29, 1.82) is 0 Å². The second-order valence-electron chi connectivity index (χ2n) is 3.49. The molecule has 2 rings (SSSR count). The molecule has 0 aliphatic rings. The number of halogens is 1. The molecule has 0 saturated carbocycles. The SMILES string of the molecule is O=[N+]([O-])c1c(F)cccc1NCCn1ccnn1. The van der Waals surface area contributed by atoms with Crippen LogP contribution in [0.25, 0.3) is 0 Å². The van der Waals surface area contributed by atoms with E-state index in [-0.39, 0.29) is 5.69 Å². The topological polar surface area (TPSA) is 85.9 Å². The minimum Gasteiger partial charge on any atom is -0.378 e. The highest BCUT2D eigenvalue weighted by Gasteiger charge is 2.19. The molecule has 0 bridgehead atoms. The highest BCUT2D eigenvalue weighted by Crippen LogP contribution is 2.26. The van der Waals surface area contributed by atoms with E-state index in [9.17, 15) is 14.5 Å². The number of benzene rings is 1. The van der Waals surface area contributed by atoms with Gasteiger partial charge in [-0.25, -0.2) is 0 Å². The molecule has 0 aliphatic heterocycles. The summed E-state index contributed by atoms with van der Waals surface area (Å²) in [5.41, 5.74) is -0.392.